The average molecular weight is 375 g/mol. The van der Waals surface area contributed by atoms with Crippen molar-refractivity contribution in [2.75, 3.05) is 0 Å². The number of rotatable bonds is 5. The van der Waals surface area contributed by atoms with Gasteiger partial charge in [0.25, 0.3) is 5.91 Å². The monoisotopic (exact) mass is 375 g/mol. The summed E-state index contributed by atoms with van der Waals surface area (Å²) >= 11 is 0. The van der Waals surface area contributed by atoms with E-state index in [1.165, 1.54) is 6.07 Å². The minimum atomic E-state index is -4.77. The van der Waals surface area contributed by atoms with E-state index in [2.05, 4.69) is 5.10 Å². The van der Waals surface area contributed by atoms with Gasteiger partial charge in [-0.2, -0.15) is 18.3 Å². The van der Waals surface area contributed by atoms with Gasteiger partial charge in [-0.3, -0.25) is 9.63 Å². The first-order valence-electron chi connectivity index (χ1n) is 8.05. The predicted octanol–water partition coefficient (Wildman–Crippen LogP) is 4.06. The number of alkyl halides is 3. The van der Waals surface area contributed by atoms with Gasteiger partial charge >= 0.3 is 6.18 Å². The molecule has 0 saturated carbocycles. The molecule has 0 bridgehead atoms. The Hall–Kier alpha value is -3.13. The standard InChI is InChI=1S/C19H16F3N3O2/c1-13-7-5-6-10-16(13)25-17(19(20,21)22)15(11-23-25)18(26)24-27-12-14-8-3-2-4-9-14/h2-11H,12H2,1H3,(H,24,26). The lowest BCUT2D eigenvalue weighted by molar-refractivity contribution is -0.143. The Bertz CT molecular complexity index is 937. The highest BCUT2D eigenvalue weighted by molar-refractivity contribution is 5.94. The molecule has 0 aliphatic rings. The Labute approximate surface area is 153 Å². The van der Waals surface area contributed by atoms with Gasteiger partial charge in [0.2, 0.25) is 0 Å². The van der Waals surface area contributed by atoms with Crippen LogP contribution in [0.15, 0.2) is 60.8 Å². The van der Waals surface area contributed by atoms with Crippen LogP contribution in [0.25, 0.3) is 5.69 Å². The van der Waals surface area contributed by atoms with E-state index in [9.17, 15) is 18.0 Å². The molecule has 1 heterocycles. The van der Waals surface area contributed by atoms with Crippen LogP contribution in [0.4, 0.5) is 13.2 Å². The van der Waals surface area contributed by atoms with Gasteiger partial charge in [0.05, 0.1) is 24.1 Å². The van der Waals surface area contributed by atoms with Crippen molar-refractivity contribution in [3.63, 3.8) is 0 Å². The van der Waals surface area contributed by atoms with Gasteiger partial charge < -0.3 is 0 Å². The Balaban J connectivity index is 1.85. The summed E-state index contributed by atoms with van der Waals surface area (Å²) in [5.74, 6) is -1.02. The number of nitrogens with one attached hydrogen (secondary N) is 1. The maximum atomic E-state index is 13.6. The summed E-state index contributed by atoms with van der Waals surface area (Å²) in [5, 5.41) is 3.78. The first kappa shape index (κ1) is 18.7. The van der Waals surface area contributed by atoms with Gasteiger partial charge in [0.1, 0.15) is 0 Å². The number of hydrogen-bond donors (Lipinski definition) is 1. The van der Waals surface area contributed by atoms with E-state index in [0.717, 1.165) is 16.4 Å². The molecular formula is C19H16F3N3O2. The Morgan fingerprint density at radius 1 is 1.11 bits per heavy atom. The number of hydroxylamine groups is 1. The molecule has 1 N–H and O–H groups in total. The van der Waals surface area contributed by atoms with Crippen LogP contribution in [0.1, 0.15) is 27.2 Å². The third-order valence-electron chi connectivity index (χ3n) is 3.87. The van der Waals surface area contributed by atoms with E-state index in [4.69, 9.17) is 4.84 Å². The number of halogens is 3. The highest BCUT2D eigenvalue weighted by Gasteiger charge is 2.40. The SMILES string of the molecule is Cc1ccccc1-n1ncc(C(=O)NOCc2ccccc2)c1C(F)(F)F. The highest BCUT2D eigenvalue weighted by Crippen LogP contribution is 2.34. The fraction of sp³-hybridized carbons (Fsp3) is 0.158. The van der Waals surface area contributed by atoms with Crippen LogP contribution < -0.4 is 5.48 Å². The lowest BCUT2D eigenvalue weighted by atomic mass is 10.2. The molecule has 140 valence electrons. The number of hydrogen-bond acceptors (Lipinski definition) is 3. The molecule has 1 aromatic heterocycles. The highest BCUT2D eigenvalue weighted by atomic mass is 19.4. The van der Waals surface area contributed by atoms with Crippen LogP contribution in [0.2, 0.25) is 0 Å². The minimum Gasteiger partial charge on any atom is -0.269 e. The molecule has 1 amide bonds. The molecule has 0 aliphatic heterocycles. The van der Waals surface area contributed by atoms with Crippen LogP contribution in [0.3, 0.4) is 0 Å². The van der Waals surface area contributed by atoms with Crippen molar-refractivity contribution in [3.05, 3.63) is 83.2 Å². The van der Waals surface area contributed by atoms with Gasteiger partial charge in [-0.15, -0.1) is 0 Å². The normalized spacial score (nSPS) is 11.4. The second-order valence-corrected chi connectivity index (χ2v) is 5.81. The first-order valence-corrected chi connectivity index (χ1v) is 8.05. The van der Waals surface area contributed by atoms with Crippen LogP contribution in [0.5, 0.6) is 0 Å². The number of aromatic nitrogens is 2. The number of carbonyl (C=O) groups excluding carboxylic acids is 1. The molecule has 0 fully saturated rings. The molecule has 0 radical (unpaired) electrons. The summed E-state index contributed by atoms with van der Waals surface area (Å²) in [6.07, 6.45) is -3.89. The van der Waals surface area contributed by atoms with Crippen molar-refractivity contribution in [1.29, 1.82) is 0 Å². The van der Waals surface area contributed by atoms with Gasteiger partial charge in [-0.1, -0.05) is 48.5 Å². The molecule has 0 unspecified atom stereocenters. The van der Waals surface area contributed by atoms with E-state index >= 15 is 0 Å². The fourth-order valence-corrected chi connectivity index (χ4v) is 2.59. The summed E-state index contributed by atoms with van der Waals surface area (Å²) in [6, 6.07) is 15.4. The number of para-hydroxylation sites is 1. The smallest absolute Gasteiger partial charge is 0.269 e. The molecule has 5 nitrogen and oxygen atoms in total. The second kappa shape index (κ2) is 7.63. The van der Waals surface area contributed by atoms with Gasteiger partial charge in [0.15, 0.2) is 5.69 Å². The third kappa shape index (κ3) is 4.17. The predicted molar refractivity (Wildman–Crippen MR) is 92.0 cm³/mol. The molecule has 0 spiro atoms. The first-order chi connectivity index (χ1) is 12.9. The van der Waals surface area contributed by atoms with Gasteiger partial charge in [0, 0.05) is 0 Å². The Kier molecular flexibility index (Phi) is 5.27. The zero-order valence-electron chi connectivity index (χ0n) is 14.3. The molecular weight excluding hydrogens is 359 g/mol. The van der Waals surface area contributed by atoms with E-state index in [1.807, 2.05) is 11.5 Å². The molecule has 8 heteroatoms. The van der Waals surface area contributed by atoms with E-state index in [1.54, 1.807) is 49.4 Å². The van der Waals surface area contributed by atoms with Crippen LogP contribution in [-0.4, -0.2) is 15.7 Å². The van der Waals surface area contributed by atoms with Crippen LogP contribution in [-0.2, 0) is 17.6 Å². The minimum absolute atomic E-state index is 0.0276. The molecule has 0 atom stereocenters. The van der Waals surface area contributed by atoms with E-state index in [-0.39, 0.29) is 12.3 Å². The molecule has 0 aliphatic carbocycles. The summed E-state index contributed by atoms with van der Waals surface area (Å²) < 4.78 is 41.6. The topological polar surface area (TPSA) is 56.2 Å². The third-order valence-corrected chi connectivity index (χ3v) is 3.87. The van der Waals surface area contributed by atoms with Crippen molar-refractivity contribution in [2.45, 2.75) is 19.7 Å². The van der Waals surface area contributed by atoms with Crippen molar-refractivity contribution >= 4 is 5.91 Å². The van der Waals surface area contributed by atoms with Crippen molar-refractivity contribution in [2.24, 2.45) is 0 Å². The zero-order chi connectivity index (χ0) is 19.4. The van der Waals surface area contributed by atoms with Crippen molar-refractivity contribution in [1.82, 2.24) is 15.3 Å². The van der Waals surface area contributed by atoms with Crippen molar-refractivity contribution < 1.29 is 22.8 Å². The summed E-state index contributed by atoms with van der Waals surface area (Å²) in [5.41, 5.74) is 1.89. The van der Waals surface area contributed by atoms with E-state index in [0.29, 0.717) is 5.56 Å². The lowest BCUT2D eigenvalue weighted by Crippen LogP contribution is -2.27. The lowest BCUT2D eigenvalue weighted by Gasteiger charge is -2.14. The number of amides is 1. The maximum Gasteiger partial charge on any atom is 0.434 e. The summed E-state index contributed by atoms with van der Waals surface area (Å²) in [7, 11) is 0. The number of benzene rings is 2. The zero-order valence-corrected chi connectivity index (χ0v) is 14.3. The quantitative estimate of drug-likeness (QED) is 0.684. The van der Waals surface area contributed by atoms with Crippen molar-refractivity contribution in [3.8, 4) is 5.69 Å². The second-order valence-electron chi connectivity index (χ2n) is 5.81. The summed E-state index contributed by atoms with van der Waals surface area (Å²) in [4.78, 5) is 17.3. The molecule has 0 saturated heterocycles. The van der Waals surface area contributed by atoms with E-state index < -0.39 is 23.3 Å². The van der Waals surface area contributed by atoms with Gasteiger partial charge in [-0.25, -0.2) is 10.2 Å². The Morgan fingerprint density at radius 3 is 2.44 bits per heavy atom. The molecule has 3 aromatic rings. The fourth-order valence-electron chi connectivity index (χ4n) is 2.59. The number of nitrogens with zero attached hydrogens (tertiary/aromatic N) is 2. The van der Waals surface area contributed by atoms with Crippen LogP contribution >= 0.6 is 0 Å². The maximum absolute atomic E-state index is 13.6. The van der Waals surface area contributed by atoms with Gasteiger partial charge in [-0.05, 0) is 24.1 Å². The molecule has 3 rings (SSSR count). The van der Waals surface area contributed by atoms with Crippen LogP contribution in [0, 0.1) is 6.92 Å². The number of aryl methyl sites for hydroxylation is 1. The average Bonchev–Trinajstić information content (AvgIpc) is 3.08. The molecule has 2 aromatic carbocycles. The Morgan fingerprint density at radius 2 is 1.78 bits per heavy atom. The summed E-state index contributed by atoms with van der Waals surface area (Å²) in [6.45, 7) is 1.69. The number of carbonyl (C=O) groups is 1. The molecule has 27 heavy (non-hydrogen) atoms. The largest absolute Gasteiger partial charge is 0.434 e.